The first kappa shape index (κ1) is 19.0. The number of amides is 1. The van der Waals surface area contributed by atoms with Gasteiger partial charge >= 0.3 is 0 Å². The Bertz CT molecular complexity index is 920. The number of benzene rings is 1. The van der Waals surface area contributed by atoms with Crippen LogP contribution >= 0.6 is 0 Å². The van der Waals surface area contributed by atoms with E-state index in [2.05, 4.69) is 35.5 Å². The maximum Gasteiger partial charge on any atom is 0.251 e. The van der Waals surface area contributed by atoms with E-state index in [0.717, 1.165) is 43.9 Å². The van der Waals surface area contributed by atoms with Crippen molar-refractivity contribution in [2.45, 2.75) is 38.8 Å². The molecule has 2 aliphatic heterocycles. The quantitative estimate of drug-likeness (QED) is 0.786. The predicted octanol–water partition coefficient (Wildman–Crippen LogP) is 2.81. The molecule has 1 saturated heterocycles. The Morgan fingerprint density at radius 3 is 2.69 bits per heavy atom. The molecule has 0 radical (unpaired) electrons. The Morgan fingerprint density at radius 1 is 1.14 bits per heavy atom. The van der Waals surface area contributed by atoms with Gasteiger partial charge < -0.3 is 15.5 Å². The maximum absolute atomic E-state index is 12.6. The number of anilines is 3. The molecule has 2 aromatic rings. The van der Waals surface area contributed by atoms with Gasteiger partial charge in [-0.3, -0.25) is 9.79 Å². The summed E-state index contributed by atoms with van der Waals surface area (Å²) in [6.45, 7) is 3.97. The fourth-order valence-corrected chi connectivity index (χ4v) is 3.37. The number of aliphatic imine (C=N–C) groups is 1. The number of rotatable bonds is 6. The number of hydrogen-bond acceptors (Lipinski definition) is 7. The normalized spacial score (nSPS) is 18.4. The molecule has 0 spiro atoms. The molecule has 4 rings (SSSR count). The van der Waals surface area contributed by atoms with E-state index in [1.54, 1.807) is 6.21 Å². The molecule has 1 aromatic heterocycles. The molecule has 29 heavy (non-hydrogen) atoms. The van der Waals surface area contributed by atoms with E-state index in [1.165, 1.54) is 0 Å². The highest BCUT2D eigenvalue weighted by Crippen LogP contribution is 2.19. The Labute approximate surface area is 170 Å². The number of aryl methyl sites for hydroxylation is 1. The highest BCUT2D eigenvalue weighted by molar-refractivity contribution is 6.06. The van der Waals surface area contributed by atoms with Crippen LogP contribution in [0.4, 0.5) is 17.6 Å². The average molecular weight is 391 g/mol. The van der Waals surface area contributed by atoms with Gasteiger partial charge in [-0.05, 0) is 31.1 Å². The number of dihydropyridines is 1. The molecule has 0 saturated carbocycles. The molecule has 0 bridgehead atoms. The first-order chi connectivity index (χ1) is 14.2. The summed E-state index contributed by atoms with van der Waals surface area (Å²) < 4.78 is 0. The van der Waals surface area contributed by atoms with Crippen LogP contribution in [-0.2, 0) is 11.2 Å². The van der Waals surface area contributed by atoms with Crippen molar-refractivity contribution in [2.75, 3.05) is 28.6 Å². The summed E-state index contributed by atoms with van der Waals surface area (Å²) in [6, 6.07) is 9.42. The molecule has 8 heteroatoms. The number of carbonyl (C=O) groups is 1. The molecule has 8 nitrogen and oxygen atoms in total. The Morgan fingerprint density at radius 2 is 1.93 bits per heavy atom. The zero-order valence-corrected chi connectivity index (χ0v) is 16.5. The second-order valence-electron chi connectivity index (χ2n) is 7.06. The van der Waals surface area contributed by atoms with E-state index in [4.69, 9.17) is 0 Å². The SMILES string of the molecule is CCc1nc(NC2C=C(C(=O)Nc3ccccc3)CC=N2)nc(N2CCCC2)n1. The number of nitrogens with one attached hydrogen (secondary N) is 2. The molecule has 1 aromatic carbocycles. The molecule has 1 atom stereocenters. The second-order valence-corrected chi connectivity index (χ2v) is 7.06. The lowest BCUT2D eigenvalue weighted by molar-refractivity contribution is -0.112. The van der Waals surface area contributed by atoms with Gasteiger partial charge in [0, 0.05) is 43.4 Å². The van der Waals surface area contributed by atoms with E-state index < -0.39 is 0 Å². The van der Waals surface area contributed by atoms with Crippen LogP contribution in [0.25, 0.3) is 0 Å². The monoisotopic (exact) mass is 391 g/mol. The van der Waals surface area contributed by atoms with Gasteiger partial charge in [0.05, 0.1) is 0 Å². The van der Waals surface area contributed by atoms with E-state index in [1.807, 2.05) is 43.3 Å². The van der Waals surface area contributed by atoms with Crippen molar-refractivity contribution in [1.29, 1.82) is 0 Å². The summed E-state index contributed by atoms with van der Waals surface area (Å²) in [5.41, 5.74) is 1.43. The molecular weight excluding hydrogens is 366 g/mol. The van der Waals surface area contributed by atoms with Crippen LogP contribution in [-0.4, -0.2) is 46.3 Å². The van der Waals surface area contributed by atoms with Crippen molar-refractivity contribution in [2.24, 2.45) is 4.99 Å². The van der Waals surface area contributed by atoms with Gasteiger partial charge in [-0.2, -0.15) is 15.0 Å². The van der Waals surface area contributed by atoms with Crippen molar-refractivity contribution in [3.8, 4) is 0 Å². The minimum atomic E-state index is -0.390. The third-order valence-corrected chi connectivity index (χ3v) is 4.91. The fourth-order valence-electron chi connectivity index (χ4n) is 3.37. The minimum Gasteiger partial charge on any atom is -0.341 e. The average Bonchev–Trinajstić information content (AvgIpc) is 3.29. The van der Waals surface area contributed by atoms with Crippen LogP contribution in [0.2, 0.25) is 0 Å². The van der Waals surface area contributed by atoms with Gasteiger partial charge in [-0.25, -0.2) is 0 Å². The molecule has 1 amide bonds. The van der Waals surface area contributed by atoms with Crippen molar-refractivity contribution in [3.05, 3.63) is 47.8 Å². The zero-order chi connectivity index (χ0) is 20.1. The Balaban J connectivity index is 1.48. The van der Waals surface area contributed by atoms with E-state index in [9.17, 15) is 4.79 Å². The van der Waals surface area contributed by atoms with Crippen LogP contribution < -0.4 is 15.5 Å². The summed E-state index contributed by atoms with van der Waals surface area (Å²) >= 11 is 0. The molecular formula is C21H25N7O. The predicted molar refractivity (Wildman–Crippen MR) is 114 cm³/mol. The lowest BCUT2D eigenvalue weighted by atomic mass is 10.1. The van der Waals surface area contributed by atoms with Gasteiger partial charge in [0.2, 0.25) is 11.9 Å². The summed E-state index contributed by atoms with van der Waals surface area (Å²) in [5.74, 6) is 1.82. The summed E-state index contributed by atoms with van der Waals surface area (Å²) in [6.07, 6.45) is 6.72. The van der Waals surface area contributed by atoms with Gasteiger partial charge in [0.1, 0.15) is 12.0 Å². The molecule has 2 N–H and O–H groups in total. The number of nitrogens with zero attached hydrogens (tertiary/aromatic N) is 5. The number of aromatic nitrogens is 3. The first-order valence-electron chi connectivity index (χ1n) is 10.1. The van der Waals surface area contributed by atoms with Crippen molar-refractivity contribution in [3.63, 3.8) is 0 Å². The zero-order valence-electron chi connectivity index (χ0n) is 16.5. The van der Waals surface area contributed by atoms with Crippen LogP contribution in [0.1, 0.15) is 32.0 Å². The maximum atomic E-state index is 12.6. The fraction of sp³-hybridized carbons (Fsp3) is 0.381. The summed E-state index contributed by atoms with van der Waals surface area (Å²) in [4.78, 5) is 32.8. The number of hydrogen-bond donors (Lipinski definition) is 2. The third kappa shape index (κ3) is 4.77. The Hall–Kier alpha value is -3.29. The molecule has 1 fully saturated rings. The molecule has 2 aliphatic rings. The molecule has 150 valence electrons. The first-order valence-corrected chi connectivity index (χ1v) is 10.1. The highest BCUT2D eigenvalue weighted by atomic mass is 16.1. The second kappa shape index (κ2) is 8.81. The van der Waals surface area contributed by atoms with Gasteiger partial charge in [0.15, 0.2) is 0 Å². The largest absolute Gasteiger partial charge is 0.341 e. The van der Waals surface area contributed by atoms with E-state index in [0.29, 0.717) is 23.9 Å². The van der Waals surface area contributed by atoms with Crippen LogP contribution in [0, 0.1) is 0 Å². The topological polar surface area (TPSA) is 95.4 Å². The molecule has 1 unspecified atom stereocenters. The standard InChI is InChI=1S/C21H25N7O/c1-2-17-24-20(27-21(26-17)28-12-6-7-13-28)25-18-14-15(10-11-22-18)19(29)23-16-8-4-3-5-9-16/h3-5,8-9,11,14,18H,2,6-7,10,12-13H2,1H3,(H,23,29)(H,24,25,26,27). The highest BCUT2D eigenvalue weighted by Gasteiger charge is 2.20. The minimum absolute atomic E-state index is 0.128. The third-order valence-electron chi connectivity index (χ3n) is 4.91. The lowest BCUT2D eigenvalue weighted by Crippen LogP contribution is -2.26. The van der Waals surface area contributed by atoms with Gasteiger partial charge in [-0.15, -0.1) is 0 Å². The molecule has 0 aliphatic carbocycles. The summed E-state index contributed by atoms with van der Waals surface area (Å²) in [5, 5.41) is 6.14. The lowest BCUT2D eigenvalue weighted by Gasteiger charge is -2.19. The Kier molecular flexibility index (Phi) is 5.79. The van der Waals surface area contributed by atoms with Crippen LogP contribution in [0.5, 0.6) is 0 Å². The summed E-state index contributed by atoms with van der Waals surface area (Å²) in [7, 11) is 0. The van der Waals surface area contributed by atoms with Crippen LogP contribution in [0.15, 0.2) is 47.0 Å². The van der Waals surface area contributed by atoms with Crippen molar-refractivity contribution < 1.29 is 4.79 Å². The smallest absolute Gasteiger partial charge is 0.251 e. The van der Waals surface area contributed by atoms with Gasteiger partial charge in [0.25, 0.3) is 5.91 Å². The van der Waals surface area contributed by atoms with E-state index in [-0.39, 0.29) is 12.1 Å². The van der Waals surface area contributed by atoms with Crippen LogP contribution in [0.3, 0.4) is 0 Å². The van der Waals surface area contributed by atoms with Gasteiger partial charge in [-0.1, -0.05) is 25.1 Å². The molecule has 3 heterocycles. The van der Waals surface area contributed by atoms with E-state index >= 15 is 0 Å². The van der Waals surface area contributed by atoms with Crippen molar-refractivity contribution >= 4 is 29.7 Å². The number of para-hydroxylation sites is 1. The van der Waals surface area contributed by atoms with Crippen molar-refractivity contribution in [1.82, 2.24) is 15.0 Å². The number of carbonyl (C=O) groups excluding carboxylic acids is 1.